The summed E-state index contributed by atoms with van der Waals surface area (Å²) in [6.07, 6.45) is 5.34. The highest BCUT2D eigenvalue weighted by Crippen LogP contribution is 2.49. The standard InChI is InChI=1S/C16H22ClNO2/c1-9-7-12-11(5-3-4-6-18)15-13(8-10(2)19-15)14(17)16(12)20-9/h9-10H,3-8,18H2,1-2H3. The average molecular weight is 296 g/mol. The molecule has 1 aromatic rings. The Kier molecular flexibility index (Phi) is 3.83. The van der Waals surface area contributed by atoms with Crippen molar-refractivity contribution in [2.75, 3.05) is 6.54 Å². The molecule has 2 aliphatic heterocycles. The molecule has 0 fully saturated rings. The van der Waals surface area contributed by atoms with Crippen molar-refractivity contribution in [3.8, 4) is 11.5 Å². The van der Waals surface area contributed by atoms with Crippen LogP contribution in [0.2, 0.25) is 5.02 Å². The summed E-state index contributed by atoms with van der Waals surface area (Å²) in [6.45, 7) is 4.92. The Morgan fingerprint density at radius 1 is 1.05 bits per heavy atom. The van der Waals surface area contributed by atoms with Gasteiger partial charge in [0.2, 0.25) is 0 Å². The van der Waals surface area contributed by atoms with E-state index in [-0.39, 0.29) is 12.2 Å². The van der Waals surface area contributed by atoms with Gasteiger partial charge in [0.05, 0.1) is 5.02 Å². The van der Waals surface area contributed by atoms with Crippen LogP contribution in [0.5, 0.6) is 11.5 Å². The van der Waals surface area contributed by atoms with E-state index in [9.17, 15) is 0 Å². The smallest absolute Gasteiger partial charge is 0.142 e. The maximum atomic E-state index is 6.54. The lowest BCUT2D eigenvalue weighted by atomic mass is 9.94. The molecule has 2 atom stereocenters. The lowest BCUT2D eigenvalue weighted by molar-refractivity contribution is 0.252. The largest absolute Gasteiger partial charge is 0.490 e. The van der Waals surface area contributed by atoms with E-state index >= 15 is 0 Å². The Morgan fingerprint density at radius 2 is 1.70 bits per heavy atom. The molecule has 0 spiro atoms. The van der Waals surface area contributed by atoms with E-state index in [2.05, 4.69) is 13.8 Å². The summed E-state index contributed by atoms with van der Waals surface area (Å²) >= 11 is 6.54. The highest BCUT2D eigenvalue weighted by atomic mass is 35.5. The summed E-state index contributed by atoms with van der Waals surface area (Å²) in [5.74, 6) is 1.93. The van der Waals surface area contributed by atoms with Gasteiger partial charge in [-0.1, -0.05) is 11.6 Å². The molecule has 0 radical (unpaired) electrons. The predicted molar refractivity (Wildman–Crippen MR) is 81.0 cm³/mol. The lowest BCUT2D eigenvalue weighted by Crippen LogP contribution is -2.08. The fourth-order valence-corrected chi connectivity index (χ4v) is 3.58. The first-order valence-corrected chi connectivity index (χ1v) is 7.89. The lowest BCUT2D eigenvalue weighted by Gasteiger charge is -2.15. The van der Waals surface area contributed by atoms with Crippen LogP contribution in [0.15, 0.2) is 0 Å². The summed E-state index contributed by atoms with van der Waals surface area (Å²) < 4.78 is 12.0. The molecule has 110 valence electrons. The normalized spacial score (nSPS) is 23.2. The quantitative estimate of drug-likeness (QED) is 0.867. The first kappa shape index (κ1) is 14.0. The van der Waals surface area contributed by atoms with Gasteiger partial charge in [-0.2, -0.15) is 0 Å². The molecule has 3 nitrogen and oxygen atoms in total. The van der Waals surface area contributed by atoms with Gasteiger partial charge in [0.15, 0.2) is 0 Å². The van der Waals surface area contributed by atoms with Crippen LogP contribution in [-0.4, -0.2) is 18.8 Å². The summed E-state index contributed by atoms with van der Waals surface area (Å²) in [5, 5.41) is 0.770. The molecule has 0 bridgehead atoms. The van der Waals surface area contributed by atoms with Crippen molar-refractivity contribution in [3.05, 3.63) is 21.7 Å². The maximum Gasteiger partial charge on any atom is 0.142 e. The van der Waals surface area contributed by atoms with Gasteiger partial charge in [-0.05, 0) is 39.7 Å². The van der Waals surface area contributed by atoms with Gasteiger partial charge in [0, 0.05) is 29.5 Å². The Balaban J connectivity index is 2.03. The topological polar surface area (TPSA) is 44.5 Å². The fourth-order valence-electron chi connectivity index (χ4n) is 3.26. The van der Waals surface area contributed by atoms with E-state index in [1.165, 1.54) is 11.1 Å². The van der Waals surface area contributed by atoms with E-state index in [4.69, 9.17) is 26.8 Å². The monoisotopic (exact) mass is 295 g/mol. The number of nitrogens with two attached hydrogens (primary N) is 1. The van der Waals surface area contributed by atoms with Crippen molar-refractivity contribution < 1.29 is 9.47 Å². The molecule has 20 heavy (non-hydrogen) atoms. The van der Waals surface area contributed by atoms with Crippen molar-refractivity contribution in [1.82, 2.24) is 0 Å². The van der Waals surface area contributed by atoms with E-state index < -0.39 is 0 Å². The Bertz CT molecular complexity index is 491. The minimum Gasteiger partial charge on any atom is -0.490 e. The van der Waals surface area contributed by atoms with Gasteiger partial charge >= 0.3 is 0 Å². The van der Waals surface area contributed by atoms with E-state index in [1.807, 2.05) is 0 Å². The molecule has 0 saturated carbocycles. The molecule has 0 saturated heterocycles. The summed E-state index contributed by atoms with van der Waals surface area (Å²) in [5.41, 5.74) is 9.31. The summed E-state index contributed by atoms with van der Waals surface area (Å²) in [7, 11) is 0. The van der Waals surface area contributed by atoms with Crippen LogP contribution in [0.4, 0.5) is 0 Å². The molecule has 2 N–H and O–H groups in total. The minimum atomic E-state index is 0.204. The zero-order valence-electron chi connectivity index (χ0n) is 12.2. The van der Waals surface area contributed by atoms with Gasteiger partial charge in [-0.3, -0.25) is 0 Å². The van der Waals surface area contributed by atoms with Crippen molar-refractivity contribution in [2.45, 2.75) is 58.2 Å². The van der Waals surface area contributed by atoms with Gasteiger partial charge in [0.1, 0.15) is 23.7 Å². The van der Waals surface area contributed by atoms with Crippen LogP contribution in [-0.2, 0) is 19.3 Å². The number of fused-ring (bicyclic) bond motifs is 2. The number of hydrogen-bond donors (Lipinski definition) is 1. The van der Waals surface area contributed by atoms with E-state index in [0.29, 0.717) is 0 Å². The van der Waals surface area contributed by atoms with Crippen molar-refractivity contribution in [2.24, 2.45) is 5.73 Å². The zero-order valence-corrected chi connectivity index (χ0v) is 12.9. The number of ether oxygens (including phenoxy) is 2. The minimum absolute atomic E-state index is 0.204. The number of hydrogen-bond acceptors (Lipinski definition) is 3. The van der Waals surface area contributed by atoms with Gasteiger partial charge in [0.25, 0.3) is 0 Å². The highest BCUT2D eigenvalue weighted by molar-refractivity contribution is 6.33. The predicted octanol–water partition coefficient (Wildman–Crippen LogP) is 3.27. The third-order valence-corrected chi connectivity index (χ3v) is 4.55. The molecular formula is C16H22ClNO2. The van der Waals surface area contributed by atoms with Gasteiger partial charge < -0.3 is 15.2 Å². The molecule has 4 heteroatoms. The Hall–Kier alpha value is -0.930. The van der Waals surface area contributed by atoms with Crippen LogP contribution in [0.3, 0.4) is 0 Å². The number of unbranched alkanes of at least 4 members (excludes halogenated alkanes) is 1. The molecular weight excluding hydrogens is 274 g/mol. The van der Waals surface area contributed by atoms with Crippen LogP contribution in [0.25, 0.3) is 0 Å². The second kappa shape index (κ2) is 5.45. The molecule has 2 aliphatic rings. The van der Waals surface area contributed by atoms with Crippen LogP contribution < -0.4 is 15.2 Å². The zero-order chi connectivity index (χ0) is 14.3. The number of benzene rings is 1. The highest BCUT2D eigenvalue weighted by Gasteiger charge is 2.34. The average Bonchev–Trinajstić information content (AvgIpc) is 2.97. The second-order valence-electron chi connectivity index (χ2n) is 5.92. The van der Waals surface area contributed by atoms with Crippen LogP contribution >= 0.6 is 11.6 Å². The third kappa shape index (κ3) is 2.27. The molecule has 0 amide bonds. The van der Waals surface area contributed by atoms with Crippen molar-refractivity contribution in [1.29, 1.82) is 0 Å². The number of rotatable bonds is 4. The number of halogens is 1. The van der Waals surface area contributed by atoms with Gasteiger partial charge in [-0.15, -0.1) is 0 Å². The molecule has 2 unspecified atom stereocenters. The van der Waals surface area contributed by atoms with Crippen LogP contribution in [0.1, 0.15) is 43.4 Å². The second-order valence-corrected chi connectivity index (χ2v) is 6.30. The summed E-state index contributed by atoms with van der Waals surface area (Å²) in [4.78, 5) is 0. The molecule has 0 aliphatic carbocycles. The van der Waals surface area contributed by atoms with E-state index in [1.54, 1.807) is 0 Å². The Labute approximate surface area is 125 Å². The first-order valence-electron chi connectivity index (χ1n) is 7.51. The molecule has 0 aromatic heterocycles. The van der Waals surface area contributed by atoms with Crippen LogP contribution in [0, 0.1) is 0 Å². The maximum absolute atomic E-state index is 6.54. The van der Waals surface area contributed by atoms with Crippen molar-refractivity contribution in [3.63, 3.8) is 0 Å². The summed E-state index contributed by atoms with van der Waals surface area (Å²) in [6, 6.07) is 0. The third-order valence-electron chi connectivity index (χ3n) is 4.15. The van der Waals surface area contributed by atoms with Gasteiger partial charge in [-0.25, -0.2) is 0 Å². The Morgan fingerprint density at radius 3 is 2.40 bits per heavy atom. The fraction of sp³-hybridized carbons (Fsp3) is 0.625. The SMILES string of the molecule is CC1Cc2c(CCCCN)c3c(c(Cl)c2O1)CC(C)O3. The molecule has 1 aromatic carbocycles. The molecule has 3 rings (SSSR count). The van der Waals surface area contributed by atoms with Crippen molar-refractivity contribution >= 4 is 11.6 Å². The molecule has 2 heterocycles. The van der Waals surface area contributed by atoms with E-state index in [0.717, 1.165) is 60.7 Å². The first-order chi connectivity index (χ1) is 9.61.